The highest BCUT2D eigenvalue weighted by atomic mass is 19.1. The fourth-order valence-electron chi connectivity index (χ4n) is 4.35. The summed E-state index contributed by atoms with van der Waals surface area (Å²) in [5.74, 6) is 7.48. The van der Waals surface area contributed by atoms with Gasteiger partial charge in [-0.2, -0.15) is 0 Å². The van der Waals surface area contributed by atoms with Gasteiger partial charge >= 0.3 is 0 Å². The molecule has 2 heteroatoms. The molecule has 2 aliphatic carbocycles. The molecule has 1 nitrogen and oxygen atoms in total. The molecular weight excluding hydrogens is 419 g/mol. The summed E-state index contributed by atoms with van der Waals surface area (Å²) in [6, 6.07) is 11.8. The molecule has 2 aromatic rings. The third-order valence-electron chi connectivity index (χ3n) is 6.38. The van der Waals surface area contributed by atoms with Crippen molar-refractivity contribution in [2.24, 2.45) is 0 Å². The average Bonchev–Trinajstić information content (AvgIpc) is 2.87. The van der Waals surface area contributed by atoms with Crippen LogP contribution in [0.4, 0.5) is 4.39 Å². The maximum atomic E-state index is 15.0. The normalized spacial score (nSPS) is 15.3. The molecule has 2 aliphatic rings. The van der Waals surface area contributed by atoms with Crippen molar-refractivity contribution in [3.8, 4) is 17.6 Å². The number of hydrogen-bond donors (Lipinski definition) is 0. The van der Waals surface area contributed by atoms with Crippen LogP contribution in [0.2, 0.25) is 0 Å². The Kier molecular flexibility index (Phi) is 11.7. The minimum atomic E-state index is -0.0764. The summed E-state index contributed by atoms with van der Waals surface area (Å²) < 4.78 is 20.0. The number of halogens is 1. The Morgan fingerprint density at radius 3 is 2.09 bits per heavy atom. The van der Waals surface area contributed by atoms with Gasteiger partial charge in [0.05, 0.1) is 12.7 Å². The van der Waals surface area contributed by atoms with Crippen LogP contribution in [-0.4, -0.2) is 7.11 Å². The Bertz CT molecular complexity index is 1030. The Morgan fingerprint density at radius 1 is 0.824 bits per heavy atom. The Labute approximate surface area is 207 Å². The molecule has 1 fully saturated rings. The van der Waals surface area contributed by atoms with Gasteiger partial charge in [0.2, 0.25) is 0 Å². The SMILES string of the molecule is CC.CC1=CC=C(C#Cc2ccc(C)c(C3CCCCC3)c2F)CC1.COc1ccc(C)cc1. The van der Waals surface area contributed by atoms with E-state index in [0.29, 0.717) is 11.5 Å². The molecule has 0 aromatic heterocycles. The minimum absolute atomic E-state index is 0.0764. The molecule has 0 aliphatic heterocycles. The van der Waals surface area contributed by atoms with E-state index in [4.69, 9.17) is 4.74 Å². The molecular formula is C32H41FO. The number of allylic oxidation sites excluding steroid dienone is 4. The third kappa shape index (κ3) is 8.21. The maximum absolute atomic E-state index is 15.0. The molecule has 0 bridgehead atoms. The highest BCUT2D eigenvalue weighted by Gasteiger charge is 2.22. The summed E-state index contributed by atoms with van der Waals surface area (Å²) in [6.45, 7) is 10.2. The van der Waals surface area contributed by atoms with Crippen LogP contribution in [0.3, 0.4) is 0 Å². The van der Waals surface area contributed by atoms with Gasteiger partial charge in [0.1, 0.15) is 11.6 Å². The predicted molar refractivity (Wildman–Crippen MR) is 144 cm³/mol. The topological polar surface area (TPSA) is 9.23 Å². The Morgan fingerprint density at radius 2 is 1.50 bits per heavy atom. The van der Waals surface area contributed by atoms with E-state index in [1.54, 1.807) is 7.11 Å². The first-order valence-electron chi connectivity index (χ1n) is 12.8. The molecule has 0 heterocycles. The van der Waals surface area contributed by atoms with Crippen LogP contribution in [0.5, 0.6) is 5.75 Å². The van der Waals surface area contributed by atoms with E-state index < -0.39 is 0 Å². The van der Waals surface area contributed by atoms with Crippen LogP contribution in [0.1, 0.15) is 93.9 Å². The fourth-order valence-corrected chi connectivity index (χ4v) is 4.35. The summed E-state index contributed by atoms with van der Waals surface area (Å²) >= 11 is 0. The lowest BCUT2D eigenvalue weighted by molar-refractivity contribution is 0.414. The van der Waals surface area contributed by atoms with Crippen LogP contribution in [-0.2, 0) is 0 Å². The molecule has 0 saturated heterocycles. The molecule has 2 aromatic carbocycles. The first kappa shape index (κ1) is 27.5. The first-order valence-corrected chi connectivity index (χ1v) is 12.8. The Balaban J connectivity index is 0.000000311. The van der Waals surface area contributed by atoms with Crippen LogP contribution >= 0.6 is 0 Å². The molecule has 0 amide bonds. The monoisotopic (exact) mass is 460 g/mol. The van der Waals surface area contributed by atoms with Gasteiger partial charge in [-0.25, -0.2) is 4.39 Å². The zero-order valence-electron chi connectivity index (χ0n) is 21.9. The summed E-state index contributed by atoms with van der Waals surface area (Å²) in [7, 11) is 1.67. The fraction of sp³-hybridized carbons (Fsp3) is 0.438. The number of hydrogen-bond acceptors (Lipinski definition) is 1. The number of benzene rings is 2. The molecule has 1 saturated carbocycles. The van der Waals surface area contributed by atoms with Gasteiger partial charge in [-0.05, 0) is 81.7 Å². The van der Waals surface area contributed by atoms with Gasteiger partial charge in [0.15, 0.2) is 0 Å². The van der Waals surface area contributed by atoms with Gasteiger partial charge < -0.3 is 4.74 Å². The van der Waals surface area contributed by atoms with E-state index in [0.717, 1.165) is 48.1 Å². The number of ether oxygens (including phenoxy) is 1. The lowest BCUT2D eigenvalue weighted by atomic mass is 9.81. The second kappa shape index (κ2) is 14.5. The average molecular weight is 461 g/mol. The van der Waals surface area contributed by atoms with E-state index in [9.17, 15) is 0 Å². The summed E-state index contributed by atoms with van der Waals surface area (Å²) in [5, 5.41) is 0. The summed E-state index contributed by atoms with van der Waals surface area (Å²) in [6.07, 6.45) is 12.2. The zero-order valence-corrected chi connectivity index (χ0v) is 21.9. The molecule has 34 heavy (non-hydrogen) atoms. The van der Waals surface area contributed by atoms with Crippen LogP contribution in [0.15, 0.2) is 59.7 Å². The van der Waals surface area contributed by atoms with E-state index in [2.05, 4.69) is 37.8 Å². The molecule has 0 atom stereocenters. The van der Waals surface area contributed by atoms with Crippen molar-refractivity contribution in [1.82, 2.24) is 0 Å². The largest absolute Gasteiger partial charge is 0.497 e. The summed E-state index contributed by atoms with van der Waals surface area (Å²) in [4.78, 5) is 0. The van der Waals surface area contributed by atoms with Crippen LogP contribution in [0, 0.1) is 31.5 Å². The van der Waals surface area contributed by atoms with Crippen molar-refractivity contribution in [3.05, 3.63) is 87.8 Å². The molecule has 4 rings (SSSR count). The van der Waals surface area contributed by atoms with Gasteiger partial charge in [-0.1, -0.05) is 86.4 Å². The smallest absolute Gasteiger partial charge is 0.142 e. The van der Waals surface area contributed by atoms with E-state index in [-0.39, 0.29) is 5.82 Å². The number of aryl methyl sites for hydroxylation is 2. The second-order valence-electron chi connectivity index (χ2n) is 8.96. The standard InChI is InChI=1S/C22H25F.C8H10O.C2H6/c1-16-8-11-18(12-9-16)13-15-20-14-10-17(2)21(22(20)23)19-6-4-3-5-7-19;1-7-3-5-8(9-2)6-4-7;1-2/h8,10-11,14,19H,3-7,9,12H2,1-2H3;3-6H,1-2H3;1-2H3. The van der Waals surface area contributed by atoms with E-state index in [1.165, 1.54) is 30.4 Å². The molecule has 0 unspecified atom stereocenters. The quantitative estimate of drug-likeness (QED) is 0.406. The third-order valence-corrected chi connectivity index (χ3v) is 6.38. The van der Waals surface area contributed by atoms with Gasteiger partial charge in [0, 0.05) is 5.57 Å². The van der Waals surface area contributed by atoms with Gasteiger partial charge in [-0.3, -0.25) is 0 Å². The van der Waals surface area contributed by atoms with Crippen molar-refractivity contribution >= 4 is 0 Å². The van der Waals surface area contributed by atoms with Crippen molar-refractivity contribution in [2.45, 2.75) is 85.5 Å². The van der Waals surface area contributed by atoms with E-state index >= 15 is 4.39 Å². The minimum Gasteiger partial charge on any atom is -0.497 e. The zero-order chi connectivity index (χ0) is 24.9. The second-order valence-corrected chi connectivity index (χ2v) is 8.96. The Hall–Kier alpha value is -2.79. The van der Waals surface area contributed by atoms with E-state index in [1.807, 2.05) is 57.2 Å². The van der Waals surface area contributed by atoms with Crippen molar-refractivity contribution in [1.29, 1.82) is 0 Å². The number of methoxy groups -OCH3 is 1. The van der Waals surface area contributed by atoms with Crippen LogP contribution < -0.4 is 4.74 Å². The lowest BCUT2D eigenvalue weighted by Gasteiger charge is -2.24. The molecule has 0 spiro atoms. The highest BCUT2D eigenvalue weighted by molar-refractivity contribution is 5.48. The van der Waals surface area contributed by atoms with Gasteiger partial charge in [0.25, 0.3) is 0 Å². The van der Waals surface area contributed by atoms with Crippen molar-refractivity contribution < 1.29 is 9.13 Å². The number of rotatable bonds is 2. The van der Waals surface area contributed by atoms with Crippen molar-refractivity contribution in [2.75, 3.05) is 7.11 Å². The van der Waals surface area contributed by atoms with Crippen molar-refractivity contribution in [3.63, 3.8) is 0 Å². The molecule has 182 valence electrons. The molecule has 0 N–H and O–H groups in total. The lowest BCUT2D eigenvalue weighted by Crippen LogP contribution is -2.09. The first-order chi connectivity index (χ1) is 16.5. The predicted octanol–water partition coefficient (Wildman–Crippen LogP) is 9.23. The maximum Gasteiger partial charge on any atom is 0.142 e. The molecule has 0 radical (unpaired) electrons. The highest BCUT2D eigenvalue weighted by Crippen LogP contribution is 2.36. The van der Waals surface area contributed by atoms with Crippen LogP contribution in [0.25, 0.3) is 0 Å². The van der Waals surface area contributed by atoms with Gasteiger partial charge in [-0.15, -0.1) is 0 Å². The summed E-state index contributed by atoms with van der Waals surface area (Å²) in [5.41, 5.74) is 6.31.